The van der Waals surface area contributed by atoms with Gasteiger partial charge in [-0.1, -0.05) is 0 Å². The Labute approximate surface area is 102 Å². The van der Waals surface area contributed by atoms with Crippen molar-refractivity contribution in [1.82, 2.24) is 4.98 Å². The molecule has 0 aliphatic heterocycles. The summed E-state index contributed by atoms with van der Waals surface area (Å²) in [7, 11) is 1.37. The van der Waals surface area contributed by atoms with Crippen LogP contribution in [0.3, 0.4) is 0 Å². The zero-order valence-corrected chi connectivity index (χ0v) is 9.45. The van der Waals surface area contributed by atoms with Gasteiger partial charge in [0.2, 0.25) is 5.88 Å². The second-order valence-electron chi connectivity index (χ2n) is 3.52. The van der Waals surface area contributed by atoms with E-state index in [0.717, 1.165) is 18.2 Å². The molecule has 0 aliphatic rings. The van der Waals surface area contributed by atoms with E-state index in [-0.39, 0.29) is 22.6 Å². The summed E-state index contributed by atoms with van der Waals surface area (Å²) < 4.78 is 31.8. The van der Waals surface area contributed by atoms with E-state index >= 15 is 0 Å². The number of pyridine rings is 1. The van der Waals surface area contributed by atoms with Crippen LogP contribution in [-0.4, -0.2) is 12.1 Å². The number of ether oxygens (including phenoxy) is 1. The molecule has 0 spiro atoms. The summed E-state index contributed by atoms with van der Waals surface area (Å²) in [5.74, 6) is -1.04. The fourth-order valence-electron chi connectivity index (χ4n) is 1.57. The highest BCUT2D eigenvalue weighted by atomic mass is 19.1. The summed E-state index contributed by atoms with van der Waals surface area (Å²) in [4.78, 5) is 3.88. The molecule has 2 aromatic rings. The third kappa shape index (κ3) is 2.13. The SMILES string of the molecule is COc1ncc(C#N)cc1-c1cc(F)ccc1F. The number of rotatable bonds is 2. The number of hydrogen-bond donors (Lipinski definition) is 0. The number of halogens is 2. The van der Waals surface area contributed by atoms with Gasteiger partial charge in [-0.25, -0.2) is 13.8 Å². The molecule has 0 saturated carbocycles. The molecular weight excluding hydrogens is 238 g/mol. The van der Waals surface area contributed by atoms with Crippen LogP contribution in [0.2, 0.25) is 0 Å². The highest BCUT2D eigenvalue weighted by Gasteiger charge is 2.13. The Hall–Kier alpha value is -2.48. The van der Waals surface area contributed by atoms with Crippen molar-refractivity contribution in [3.8, 4) is 23.1 Å². The molecule has 0 bridgehead atoms. The zero-order chi connectivity index (χ0) is 13.1. The molecule has 0 aliphatic carbocycles. The van der Waals surface area contributed by atoms with Crippen LogP contribution in [0.5, 0.6) is 5.88 Å². The molecule has 5 heteroatoms. The normalized spacial score (nSPS) is 9.89. The van der Waals surface area contributed by atoms with Crippen molar-refractivity contribution in [2.75, 3.05) is 7.11 Å². The summed E-state index contributed by atoms with van der Waals surface area (Å²) >= 11 is 0. The molecule has 2 rings (SSSR count). The molecule has 1 heterocycles. The molecule has 0 atom stereocenters. The van der Waals surface area contributed by atoms with E-state index in [2.05, 4.69) is 4.98 Å². The van der Waals surface area contributed by atoms with Crippen LogP contribution < -0.4 is 4.74 Å². The van der Waals surface area contributed by atoms with Crippen molar-refractivity contribution >= 4 is 0 Å². The van der Waals surface area contributed by atoms with Gasteiger partial charge in [0.05, 0.1) is 12.7 Å². The quantitative estimate of drug-likeness (QED) is 0.818. The summed E-state index contributed by atoms with van der Waals surface area (Å²) in [6.07, 6.45) is 1.31. The lowest BCUT2D eigenvalue weighted by Crippen LogP contribution is -1.95. The van der Waals surface area contributed by atoms with Gasteiger partial charge >= 0.3 is 0 Å². The molecular formula is C13H8F2N2O. The van der Waals surface area contributed by atoms with Crippen LogP contribution in [0, 0.1) is 23.0 Å². The zero-order valence-electron chi connectivity index (χ0n) is 9.45. The number of aromatic nitrogens is 1. The first-order valence-corrected chi connectivity index (χ1v) is 5.05. The van der Waals surface area contributed by atoms with Crippen LogP contribution in [-0.2, 0) is 0 Å². The average Bonchev–Trinajstić information content (AvgIpc) is 2.40. The van der Waals surface area contributed by atoms with Gasteiger partial charge in [-0.15, -0.1) is 0 Å². The Morgan fingerprint density at radius 3 is 2.67 bits per heavy atom. The summed E-state index contributed by atoms with van der Waals surface area (Å²) in [5, 5.41) is 8.80. The lowest BCUT2D eigenvalue weighted by molar-refractivity contribution is 0.399. The molecule has 0 N–H and O–H groups in total. The maximum absolute atomic E-state index is 13.7. The lowest BCUT2D eigenvalue weighted by atomic mass is 10.0. The second kappa shape index (κ2) is 4.80. The third-order valence-corrected chi connectivity index (χ3v) is 2.39. The number of nitrogens with zero attached hydrogens (tertiary/aromatic N) is 2. The molecule has 0 fully saturated rings. The predicted molar refractivity (Wildman–Crippen MR) is 60.9 cm³/mol. The van der Waals surface area contributed by atoms with E-state index < -0.39 is 11.6 Å². The fraction of sp³-hybridized carbons (Fsp3) is 0.0769. The molecule has 18 heavy (non-hydrogen) atoms. The number of benzene rings is 1. The van der Waals surface area contributed by atoms with E-state index in [0.29, 0.717) is 0 Å². The lowest BCUT2D eigenvalue weighted by Gasteiger charge is -2.08. The minimum Gasteiger partial charge on any atom is -0.481 e. The van der Waals surface area contributed by atoms with Crippen molar-refractivity contribution in [1.29, 1.82) is 5.26 Å². The van der Waals surface area contributed by atoms with Gasteiger partial charge in [0, 0.05) is 17.3 Å². The summed E-state index contributed by atoms with van der Waals surface area (Å²) in [6.45, 7) is 0. The summed E-state index contributed by atoms with van der Waals surface area (Å²) in [5.41, 5.74) is 0.500. The van der Waals surface area contributed by atoms with E-state index in [1.54, 1.807) is 0 Å². The fourth-order valence-corrected chi connectivity index (χ4v) is 1.57. The molecule has 0 unspecified atom stereocenters. The monoisotopic (exact) mass is 246 g/mol. The molecule has 90 valence electrons. The van der Waals surface area contributed by atoms with Gasteiger partial charge < -0.3 is 4.74 Å². The second-order valence-corrected chi connectivity index (χ2v) is 3.52. The molecule has 3 nitrogen and oxygen atoms in total. The first-order chi connectivity index (χ1) is 8.65. The largest absolute Gasteiger partial charge is 0.481 e. The predicted octanol–water partition coefficient (Wildman–Crippen LogP) is 2.91. The topological polar surface area (TPSA) is 45.9 Å². The highest BCUT2D eigenvalue weighted by Crippen LogP contribution is 2.31. The van der Waals surface area contributed by atoms with E-state index in [9.17, 15) is 8.78 Å². The Kier molecular flexibility index (Phi) is 3.20. The number of hydrogen-bond acceptors (Lipinski definition) is 3. The van der Waals surface area contributed by atoms with Crippen molar-refractivity contribution in [3.05, 3.63) is 47.7 Å². The van der Waals surface area contributed by atoms with Crippen LogP contribution in [0.4, 0.5) is 8.78 Å². The minimum atomic E-state index is -0.605. The van der Waals surface area contributed by atoms with Crippen LogP contribution >= 0.6 is 0 Å². The third-order valence-electron chi connectivity index (χ3n) is 2.39. The van der Waals surface area contributed by atoms with Crippen molar-refractivity contribution < 1.29 is 13.5 Å². The van der Waals surface area contributed by atoms with Crippen molar-refractivity contribution in [2.45, 2.75) is 0 Å². The first-order valence-electron chi connectivity index (χ1n) is 5.05. The van der Waals surface area contributed by atoms with Crippen molar-refractivity contribution in [3.63, 3.8) is 0 Å². The van der Waals surface area contributed by atoms with Crippen molar-refractivity contribution in [2.24, 2.45) is 0 Å². The highest BCUT2D eigenvalue weighted by molar-refractivity contribution is 5.70. The van der Waals surface area contributed by atoms with E-state index in [1.165, 1.54) is 19.4 Å². The Bertz CT molecular complexity index is 635. The molecule has 1 aromatic heterocycles. The van der Waals surface area contributed by atoms with Gasteiger partial charge in [-0.05, 0) is 24.3 Å². The smallest absolute Gasteiger partial charge is 0.221 e. The van der Waals surface area contributed by atoms with Crippen LogP contribution in [0.25, 0.3) is 11.1 Å². The minimum absolute atomic E-state index is 0.0106. The Morgan fingerprint density at radius 1 is 1.22 bits per heavy atom. The van der Waals surface area contributed by atoms with Gasteiger partial charge in [0.1, 0.15) is 17.7 Å². The molecule has 0 saturated heterocycles. The Morgan fingerprint density at radius 2 is 2.00 bits per heavy atom. The first kappa shape index (κ1) is 12.0. The number of nitriles is 1. The van der Waals surface area contributed by atoms with Gasteiger partial charge in [-0.2, -0.15) is 5.26 Å². The maximum Gasteiger partial charge on any atom is 0.221 e. The van der Waals surface area contributed by atoms with Gasteiger partial charge in [-0.3, -0.25) is 0 Å². The molecule has 1 aromatic carbocycles. The molecule has 0 radical (unpaired) electrons. The molecule has 0 amide bonds. The van der Waals surface area contributed by atoms with Gasteiger partial charge in [0.15, 0.2) is 0 Å². The van der Waals surface area contributed by atoms with E-state index in [4.69, 9.17) is 10.00 Å². The van der Waals surface area contributed by atoms with Crippen LogP contribution in [0.1, 0.15) is 5.56 Å². The average molecular weight is 246 g/mol. The number of methoxy groups -OCH3 is 1. The Balaban J connectivity index is 2.69. The maximum atomic E-state index is 13.7. The summed E-state index contributed by atoms with van der Waals surface area (Å²) in [6, 6.07) is 6.37. The van der Waals surface area contributed by atoms with Gasteiger partial charge in [0.25, 0.3) is 0 Å². The van der Waals surface area contributed by atoms with Crippen LogP contribution in [0.15, 0.2) is 30.5 Å². The van der Waals surface area contributed by atoms with E-state index in [1.807, 2.05) is 6.07 Å². The standard InChI is InChI=1S/C13H8F2N2O/c1-18-13-11(4-8(6-16)7-17-13)10-5-9(14)2-3-12(10)15/h2-5,7H,1H3.